The monoisotopic (exact) mass is 291 g/mol. The molecular formula is C17H25NO3. The fourth-order valence-corrected chi connectivity index (χ4v) is 2.65. The second-order valence-corrected chi connectivity index (χ2v) is 6.13. The third-order valence-corrected chi connectivity index (χ3v) is 3.54. The van der Waals surface area contributed by atoms with Crippen molar-refractivity contribution in [2.24, 2.45) is 0 Å². The summed E-state index contributed by atoms with van der Waals surface area (Å²) in [7, 11) is 3.32. The molecular weight excluding hydrogens is 266 g/mol. The average molecular weight is 291 g/mol. The van der Waals surface area contributed by atoms with E-state index in [4.69, 9.17) is 13.9 Å². The van der Waals surface area contributed by atoms with Crippen LogP contribution in [0.3, 0.4) is 0 Å². The molecule has 0 amide bonds. The fraction of sp³-hybridized carbons (Fsp3) is 0.529. The zero-order valence-electron chi connectivity index (χ0n) is 13.8. The van der Waals surface area contributed by atoms with E-state index in [0.29, 0.717) is 6.54 Å². The van der Waals surface area contributed by atoms with E-state index < -0.39 is 0 Å². The van der Waals surface area contributed by atoms with Crippen molar-refractivity contribution in [2.45, 2.75) is 39.7 Å². The second-order valence-electron chi connectivity index (χ2n) is 6.13. The van der Waals surface area contributed by atoms with Crippen LogP contribution in [0.25, 0.3) is 11.0 Å². The van der Waals surface area contributed by atoms with Gasteiger partial charge >= 0.3 is 0 Å². The van der Waals surface area contributed by atoms with Crippen LogP contribution in [0, 0.1) is 0 Å². The summed E-state index contributed by atoms with van der Waals surface area (Å²) in [6.45, 7) is 10.3. The van der Waals surface area contributed by atoms with Crippen molar-refractivity contribution < 1.29 is 13.9 Å². The highest BCUT2D eigenvalue weighted by Gasteiger charge is 2.27. The first-order valence-corrected chi connectivity index (χ1v) is 7.31. The summed E-state index contributed by atoms with van der Waals surface area (Å²) in [4.78, 5) is 0. The first kappa shape index (κ1) is 15.7. The van der Waals surface area contributed by atoms with Crippen LogP contribution in [0.5, 0.6) is 11.5 Å². The highest BCUT2D eigenvalue weighted by Crippen LogP contribution is 2.42. The number of furan rings is 1. The molecule has 0 radical (unpaired) electrons. The summed E-state index contributed by atoms with van der Waals surface area (Å²) < 4.78 is 17.0. The molecule has 0 fully saturated rings. The standard InChI is InChI=1S/C17H25NO3/c1-7-18-10-14-16(17(2,3)4)15-12(20-6)8-11(19-5)9-13(15)21-14/h8-9,18H,7,10H2,1-6H3. The van der Waals surface area contributed by atoms with Crippen molar-refractivity contribution in [2.75, 3.05) is 20.8 Å². The van der Waals surface area contributed by atoms with Gasteiger partial charge in [0.15, 0.2) is 0 Å². The number of ether oxygens (including phenoxy) is 2. The molecule has 4 heteroatoms. The van der Waals surface area contributed by atoms with Crippen molar-refractivity contribution >= 4 is 11.0 Å². The molecule has 1 N–H and O–H groups in total. The lowest BCUT2D eigenvalue weighted by atomic mass is 9.84. The molecule has 0 atom stereocenters. The third-order valence-electron chi connectivity index (χ3n) is 3.54. The van der Waals surface area contributed by atoms with Crippen LogP contribution in [-0.2, 0) is 12.0 Å². The third kappa shape index (κ3) is 3.00. The molecule has 2 rings (SSSR count). The normalized spacial score (nSPS) is 11.9. The van der Waals surface area contributed by atoms with Gasteiger partial charge in [-0.1, -0.05) is 27.7 Å². The molecule has 21 heavy (non-hydrogen) atoms. The summed E-state index contributed by atoms with van der Waals surface area (Å²) in [6.07, 6.45) is 0. The van der Waals surface area contributed by atoms with E-state index in [1.54, 1.807) is 14.2 Å². The summed E-state index contributed by atoms with van der Waals surface area (Å²) >= 11 is 0. The van der Waals surface area contributed by atoms with Crippen LogP contribution < -0.4 is 14.8 Å². The summed E-state index contributed by atoms with van der Waals surface area (Å²) in [6, 6.07) is 3.83. The summed E-state index contributed by atoms with van der Waals surface area (Å²) in [5, 5.41) is 4.38. The maximum absolute atomic E-state index is 6.09. The molecule has 1 heterocycles. The van der Waals surface area contributed by atoms with Crippen LogP contribution in [0.15, 0.2) is 16.5 Å². The molecule has 4 nitrogen and oxygen atoms in total. The number of benzene rings is 1. The molecule has 0 saturated carbocycles. The Labute approximate surface area is 126 Å². The highest BCUT2D eigenvalue weighted by molar-refractivity contribution is 5.91. The highest BCUT2D eigenvalue weighted by atomic mass is 16.5. The van der Waals surface area contributed by atoms with E-state index >= 15 is 0 Å². The van der Waals surface area contributed by atoms with Crippen molar-refractivity contribution in [3.05, 3.63) is 23.5 Å². The predicted octanol–water partition coefficient (Wildman–Crippen LogP) is 3.86. The molecule has 1 aromatic heterocycles. The van der Waals surface area contributed by atoms with Crippen LogP contribution in [-0.4, -0.2) is 20.8 Å². The zero-order chi connectivity index (χ0) is 15.6. The van der Waals surface area contributed by atoms with E-state index in [-0.39, 0.29) is 5.41 Å². The Kier molecular flexibility index (Phi) is 4.47. The predicted molar refractivity (Wildman–Crippen MR) is 85.4 cm³/mol. The molecule has 0 spiro atoms. The average Bonchev–Trinajstić information content (AvgIpc) is 2.81. The molecule has 0 aliphatic rings. The largest absolute Gasteiger partial charge is 0.496 e. The minimum absolute atomic E-state index is 0.0299. The Bertz CT molecular complexity index is 623. The number of fused-ring (bicyclic) bond motifs is 1. The van der Waals surface area contributed by atoms with Crippen molar-refractivity contribution in [3.8, 4) is 11.5 Å². The minimum atomic E-state index is -0.0299. The summed E-state index contributed by atoms with van der Waals surface area (Å²) in [5.41, 5.74) is 1.97. The number of methoxy groups -OCH3 is 2. The maximum atomic E-state index is 6.09. The van der Waals surface area contributed by atoms with Gasteiger partial charge in [-0.3, -0.25) is 0 Å². The van der Waals surface area contributed by atoms with Gasteiger partial charge in [0, 0.05) is 17.7 Å². The number of hydrogen-bond acceptors (Lipinski definition) is 4. The van der Waals surface area contributed by atoms with E-state index in [1.807, 2.05) is 12.1 Å². The second kappa shape index (κ2) is 5.98. The molecule has 0 saturated heterocycles. The number of rotatable bonds is 5. The van der Waals surface area contributed by atoms with Crippen LogP contribution >= 0.6 is 0 Å². The summed E-state index contributed by atoms with van der Waals surface area (Å²) in [5.74, 6) is 2.50. The van der Waals surface area contributed by atoms with Crippen molar-refractivity contribution in [1.82, 2.24) is 5.32 Å². The fourth-order valence-electron chi connectivity index (χ4n) is 2.65. The first-order valence-electron chi connectivity index (χ1n) is 7.31. The SMILES string of the molecule is CCNCc1oc2cc(OC)cc(OC)c2c1C(C)(C)C. The molecule has 116 valence electrons. The molecule has 0 bridgehead atoms. The molecule has 0 unspecified atom stereocenters. The Hall–Kier alpha value is -1.68. The smallest absolute Gasteiger partial charge is 0.142 e. The molecule has 0 aliphatic heterocycles. The molecule has 0 aliphatic carbocycles. The Morgan fingerprint density at radius 2 is 1.86 bits per heavy atom. The zero-order valence-corrected chi connectivity index (χ0v) is 13.8. The Morgan fingerprint density at radius 1 is 1.14 bits per heavy atom. The molecule has 2 aromatic rings. The lowest BCUT2D eigenvalue weighted by molar-refractivity contribution is 0.396. The molecule has 1 aromatic carbocycles. The van der Waals surface area contributed by atoms with Gasteiger partial charge in [-0.15, -0.1) is 0 Å². The Balaban J connectivity index is 2.73. The first-order chi connectivity index (χ1) is 9.92. The lowest BCUT2D eigenvalue weighted by Crippen LogP contribution is -2.18. The topological polar surface area (TPSA) is 43.6 Å². The van der Waals surface area contributed by atoms with Crippen molar-refractivity contribution in [3.63, 3.8) is 0 Å². The van der Waals surface area contributed by atoms with Gasteiger partial charge in [-0.2, -0.15) is 0 Å². The van der Waals surface area contributed by atoms with Gasteiger partial charge < -0.3 is 19.2 Å². The van der Waals surface area contributed by atoms with Gasteiger partial charge in [-0.25, -0.2) is 0 Å². The van der Waals surface area contributed by atoms with Gasteiger partial charge in [0.2, 0.25) is 0 Å². The van der Waals surface area contributed by atoms with Gasteiger partial charge in [0.25, 0.3) is 0 Å². The lowest BCUT2D eigenvalue weighted by Gasteiger charge is -2.20. The minimum Gasteiger partial charge on any atom is -0.496 e. The van der Waals surface area contributed by atoms with E-state index in [9.17, 15) is 0 Å². The quantitative estimate of drug-likeness (QED) is 0.908. The maximum Gasteiger partial charge on any atom is 0.142 e. The van der Waals surface area contributed by atoms with Gasteiger partial charge in [0.1, 0.15) is 22.8 Å². The van der Waals surface area contributed by atoms with Crippen molar-refractivity contribution in [1.29, 1.82) is 0 Å². The number of nitrogens with one attached hydrogen (secondary N) is 1. The van der Waals surface area contributed by atoms with Gasteiger partial charge in [-0.05, 0) is 12.0 Å². The van der Waals surface area contributed by atoms with E-state index in [0.717, 1.165) is 34.8 Å². The van der Waals surface area contributed by atoms with Gasteiger partial charge in [0.05, 0.1) is 26.2 Å². The van der Waals surface area contributed by atoms with Crippen LogP contribution in [0.2, 0.25) is 0 Å². The van der Waals surface area contributed by atoms with E-state index in [2.05, 4.69) is 33.0 Å². The van der Waals surface area contributed by atoms with Crippen LogP contribution in [0.4, 0.5) is 0 Å². The van der Waals surface area contributed by atoms with E-state index in [1.165, 1.54) is 5.56 Å². The Morgan fingerprint density at radius 3 is 2.38 bits per heavy atom. The number of hydrogen-bond donors (Lipinski definition) is 1. The van der Waals surface area contributed by atoms with Crippen LogP contribution in [0.1, 0.15) is 39.0 Å².